The summed E-state index contributed by atoms with van der Waals surface area (Å²) < 4.78 is 5.10. The lowest BCUT2D eigenvalue weighted by molar-refractivity contribution is -0.131. The number of benzene rings is 2. The summed E-state index contributed by atoms with van der Waals surface area (Å²) in [6.45, 7) is 1.28. The Kier molecular flexibility index (Phi) is 6.39. The Morgan fingerprint density at radius 1 is 1.09 bits per heavy atom. The lowest BCUT2D eigenvalue weighted by atomic mass is 10.0. The van der Waals surface area contributed by atoms with Crippen molar-refractivity contribution < 1.29 is 14.3 Å². The Hall–Kier alpha value is -1.17. The fourth-order valence-electron chi connectivity index (χ4n) is 2.03. The van der Waals surface area contributed by atoms with Gasteiger partial charge in [-0.25, -0.2) is 0 Å². The summed E-state index contributed by atoms with van der Waals surface area (Å²) >= 11 is 12.9. The highest BCUT2D eigenvalue weighted by atomic mass is 79.9. The van der Waals surface area contributed by atoms with Crippen LogP contribution >= 0.6 is 43.5 Å². The molecule has 0 aliphatic heterocycles. The highest BCUT2D eigenvalue weighted by molar-refractivity contribution is 9.12. The van der Waals surface area contributed by atoms with Gasteiger partial charge in [-0.1, -0.05) is 73.8 Å². The van der Waals surface area contributed by atoms with Crippen LogP contribution in [0.5, 0.6) is 5.75 Å². The van der Waals surface area contributed by atoms with Gasteiger partial charge in [0.15, 0.2) is 5.78 Å². The fraction of sp³-hybridized carbons (Fsp3) is 0.176. The van der Waals surface area contributed by atoms with Gasteiger partial charge in [-0.3, -0.25) is 9.59 Å². The molecule has 0 heterocycles. The Balaban J connectivity index is 2.32. The molecule has 0 fully saturated rings. The molecule has 3 nitrogen and oxygen atoms in total. The molecule has 2 aromatic carbocycles. The van der Waals surface area contributed by atoms with Crippen LogP contribution in [0.25, 0.3) is 0 Å². The number of ketones is 1. The van der Waals surface area contributed by atoms with E-state index < -0.39 is 10.8 Å². The van der Waals surface area contributed by atoms with Crippen molar-refractivity contribution in [2.45, 2.75) is 16.6 Å². The summed E-state index contributed by atoms with van der Waals surface area (Å²) in [5.74, 6) is -0.524. The molecule has 0 aliphatic rings. The Bertz CT molecular complexity index is 719. The zero-order valence-electron chi connectivity index (χ0n) is 12.1. The first-order chi connectivity index (χ1) is 10.9. The van der Waals surface area contributed by atoms with E-state index in [9.17, 15) is 9.59 Å². The van der Waals surface area contributed by atoms with Gasteiger partial charge in [0.25, 0.3) is 0 Å². The molecule has 0 aromatic heterocycles. The highest BCUT2D eigenvalue weighted by Gasteiger charge is 2.28. The fourth-order valence-corrected chi connectivity index (χ4v) is 3.30. The van der Waals surface area contributed by atoms with E-state index in [0.29, 0.717) is 5.02 Å². The molecule has 23 heavy (non-hydrogen) atoms. The number of carbonyl (C=O) groups excluding carboxylic acids is 2. The summed E-state index contributed by atoms with van der Waals surface area (Å²) in [5, 5.41) is 0.398. The maximum absolute atomic E-state index is 12.8. The highest BCUT2D eigenvalue weighted by Crippen LogP contribution is 2.35. The van der Waals surface area contributed by atoms with Crippen LogP contribution in [0.1, 0.15) is 27.7 Å². The molecule has 6 heteroatoms. The van der Waals surface area contributed by atoms with Gasteiger partial charge >= 0.3 is 5.97 Å². The van der Waals surface area contributed by atoms with Crippen molar-refractivity contribution in [3.63, 3.8) is 0 Å². The number of alkyl halides is 2. The second-order valence-electron chi connectivity index (χ2n) is 4.81. The lowest BCUT2D eigenvalue weighted by Gasteiger charge is -2.18. The summed E-state index contributed by atoms with van der Waals surface area (Å²) in [5.41, 5.74) is 1.22. The number of esters is 1. The third kappa shape index (κ3) is 4.66. The van der Waals surface area contributed by atoms with E-state index in [1.807, 2.05) is 30.3 Å². The SMILES string of the molecule is CC(=O)Oc1ccc(Cl)cc1C(=O)C(Br)C(Br)c1ccccc1. The monoisotopic (exact) mass is 458 g/mol. The van der Waals surface area contributed by atoms with Gasteiger partial charge in [0, 0.05) is 11.9 Å². The topological polar surface area (TPSA) is 43.4 Å². The van der Waals surface area contributed by atoms with Crippen LogP contribution in [-0.4, -0.2) is 16.6 Å². The van der Waals surface area contributed by atoms with Crippen LogP contribution in [0.3, 0.4) is 0 Å². The molecular formula is C17H13Br2ClO3. The van der Waals surface area contributed by atoms with Crippen molar-refractivity contribution in [3.05, 3.63) is 64.7 Å². The molecule has 120 valence electrons. The summed E-state index contributed by atoms with van der Waals surface area (Å²) in [6.07, 6.45) is 0. The molecular weight excluding hydrogens is 447 g/mol. The van der Waals surface area contributed by atoms with Crippen LogP contribution in [0, 0.1) is 0 Å². The normalized spacial score (nSPS) is 13.2. The van der Waals surface area contributed by atoms with Gasteiger partial charge in [-0.05, 0) is 23.8 Å². The minimum atomic E-state index is -0.544. The van der Waals surface area contributed by atoms with Crippen molar-refractivity contribution in [1.29, 1.82) is 0 Å². The van der Waals surface area contributed by atoms with Gasteiger partial charge in [0.2, 0.25) is 0 Å². The van der Waals surface area contributed by atoms with E-state index in [-0.39, 0.29) is 21.9 Å². The Morgan fingerprint density at radius 2 is 1.74 bits per heavy atom. The Labute approximate surface area is 156 Å². The number of hydrogen-bond donors (Lipinski definition) is 0. The van der Waals surface area contributed by atoms with Crippen molar-refractivity contribution in [3.8, 4) is 5.75 Å². The standard InChI is InChI=1S/C17H13Br2ClO3/c1-10(21)23-14-8-7-12(20)9-13(14)17(22)16(19)15(18)11-5-3-2-4-6-11/h2-9,15-16H,1H3. The third-order valence-corrected chi connectivity index (χ3v) is 6.03. The zero-order valence-corrected chi connectivity index (χ0v) is 16.1. The molecule has 2 atom stereocenters. The molecule has 0 saturated heterocycles. The number of rotatable bonds is 5. The number of halogens is 3. The molecule has 0 N–H and O–H groups in total. The maximum atomic E-state index is 12.8. The molecule has 0 aliphatic carbocycles. The predicted octanol–water partition coefficient (Wildman–Crippen LogP) is 5.35. The van der Waals surface area contributed by atoms with Gasteiger partial charge in [-0.15, -0.1) is 0 Å². The average Bonchev–Trinajstić information content (AvgIpc) is 2.55. The van der Waals surface area contributed by atoms with Crippen LogP contribution in [0.4, 0.5) is 0 Å². The van der Waals surface area contributed by atoms with Gasteiger partial charge in [0.1, 0.15) is 5.75 Å². The molecule has 2 unspecified atom stereocenters. The van der Waals surface area contributed by atoms with E-state index >= 15 is 0 Å². The third-order valence-electron chi connectivity index (χ3n) is 3.09. The second kappa shape index (κ2) is 8.08. The van der Waals surface area contributed by atoms with E-state index in [1.54, 1.807) is 6.07 Å². The van der Waals surface area contributed by atoms with E-state index in [0.717, 1.165) is 5.56 Å². The maximum Gasteiger partial charge on any atom is 0.308 e. The van der Waals surface area contributed by atoms with Crippen LogP contribution < -0.4 is 4.74 Å². The molecule has 0 saturated carbocycles. The largest absolute Gasteiger partial charge is 0.426 e. The second-order valence-corrected chi connectivity index (χ2v) is 7.22. The quantitative estimate of drug-likeness (QED) is 0.262. The molecule has 2 aromatic rings. The van der Waals surface area contributed by atoms with Gasteiger partial charge in [-0.2, -0.15) is 0 Å². The molecule has 0 amide bonds. The van der Waals surface area contributed by atoms with Crippen LogP contribution in [-0.2, 0) is 4.79 Å². The van der Waals surface area contributed by atoms with Crippen molar-refractivity contribution >= 4 is 55.2 Å². The average molecular weight is 461 g/mol. The first kappa shape index (κ1) is 18.2. The van der Waals surface area contributed by atoms with Crippen molar-refractivity contribution in [1.82, 2.24) is 0 Å². The van der Waals surface area contributed by atoms with Crippen LogP contribution in [0.2, 0.25) is 5.02 Å². The lowest BCUT2D eigenvalue weighted by Crippen LogP contribution is -2.20. The molecule has 0 radical (unpaired) electrons. The first-order valence-electron chi connectivity index (χ1n) is 6.75. The number of carbonyl (C=O) groups is 2. The van der Waals surface area contributed by atoms with Gasteiger partial charge < -0.3 is 4.74 Å². The zero-order chi connectivity index (χ0) is 17.0. The van der Waals surface area contributed by atoms with E-state index in [1.165, 1.54) is 19.1 Å². The van der Waals surface area contributed by atoms with Crippen LogP contribution in [0.15, 0.2) is 48.5 Å². The molecule has 0 spiro atoms. The minimum Gasteiger partial charge on any atom is -0.426 e. The predicted molar refractivity (Wildman–Crippen MR) is 97.9 cm³/mol. The number of hydrogen-bond acceptors (Lipinski definition) is 3. The molecule has 2 rings (SSSR count). The van der Waals surface area contributed by atoms with E-state index in [2.05, 4.69) is 31.9 Å². The van der Waals surface area contributed by atoms with E-state index in [4.69, 9.17) is 16.3 Å². The minimum absolute atomic E-state index is 0.198. The smallest absolute Gasteiger partial charge is 0.308 e. The summed E-state index contributed by atoms with van der Waals surface area (Å²) in [7, 11) is 0. The first-order valence-corrected chi connectivity index (χ1v) is 8.96. The summed E-state index contributed by atoms with van der Waals surface area (Å²) in [6, 6.07) is 14.1. The summed E-state index contributed by atoms with van der Waals surface area (Å²) in [4.78, 5) is 23.2. The number of Topliss-reactive ketones (excluding diaryl/α,β-unsaturated/α-hetero) is 1. The van der Waals surface area contributed by atoms with Crippen molar-refractivity contribution in [2.24, 2.45) is 0 Å². The Morgan fingerprint density at radius 3 is 2.35 bits per heavy atom. The van der Waals surface area contributed by atoms with Gasteiger partial charge in [0.05, 0.1) is 15.2 Å². The number of ether oxygens (including phenoxy) is 1. The molecule has 0 bridgehead atoms. The van der Waals surface area contributed by atoms with Crippen molar-refractivity contribution in [2.75, 3.05) is 0 Å².